The summed E-state index contributed by atoms with van der Waals surface area (Å²) >= 11 is 0. The summed E-state index contributed by atoms with van der Waals surface area (Å²) < 4.78 is 32.3. The molecule has 1 aliphatic rings. The molecule has 0 bridgehead atoms. The van der Waals surface area contributed by atoms with E-state index in [-0.39, 0.29) is 16.9 Å². The molecular formula is C17H27NO4S. The van der Waals surface area contributed by atoms with Crippen molar-refractivity contribution in [2.45, 2.75) is 57.3 Å². The summed E-state index contributed by atoms with van der Waals surface area (Å²) in [6.07, 6.45) is -0.204. The van der Waals surface area contributed by atoms with Gasteiger partial charge in [0, 0.05) is 0 Å². The van der Waals surface area contributed by atoms with Gasteiger partial charge in [-0.3, -0.25) is 0 Å². The van der Waals surface area contributed by atoms with Crippen LogP contribution < -0.4 is 9.46 Å². The third kappa shape index (κ3) is 4.76. The van der Waals surface area contributed by atoms with Crippen molar-refractivity contribution < 1.29 is 18.4 Å². The number of hydrogen-bond donors (Lipinski definition) is 1. The molecule has 1 N–H and O–H groups in total. The van der Waals surface area contributed by atoms with Crippen LogP contribution in [0.15, 0.2) is 24.3 Å². The zero-order chi connectivity index (χ0) is 17.3. The zero-order valence-electron chi connectivity index (χ0n) is 14.7. The van der Waals surface area contributed by atoms with Gasteiger partial charge in [-0.25, -0.2) is 8.93 Å². The number of ether oxygens (including phenoxy) is 3. The van der Waals surface area contributed by atoms with Crippen LogP contribution in [-0.2, 0) is 20.5 Å². The maximum atomic E-state index is 12.6. The van der Waals surface area contributed by atoms with Gasteiger partial charge < -0.3 is 14.2 Å². The molecule has 0 aromatic heterocycles. The summed E-state index contributed by atoms with van der Waals surface area (Å²) in [5.41, 5.74) is 0.995. The Morgan fingerprint density at radius 3 is 2.35 bits per heavy atom. The highest BCUT2D eigenvalue weighted by molar-refractivity contribution is 7.84. The molecule has 130 valence electrons. The van der Waals surface area contributed by atoms with Crippen LogP contribution in [0.4, 0.5) is 0 Å². The van der Waals surface area contributed by atoms with Crippen LogP contribution in [-0.4, -0.2) is 34.6 Å². The Hall–Kier alpha value is -0.950. The average Bonchev–Trinajstić information content (AvgIpc) is 2.83. The molecule has 0 saturated carbocycles. The highest BCUT2D eigenvalue weighted by Crippen LogP contribution is 2.32. The minimum absolute atomic E-state index is 0.204. The Labute approximate surface area is 141 Å². The minimum Gasteiger partial charge on any atom is -0.497 e. The van der Waals surface area contributed by atoms with Crippen molar-refractivity contribution in [2.75, 3.05) is 13.7 Å². The van der Waals surface area contributed by atoms with E-state index in [1.807, 2.05) is 58.9 Å². The minimum atomic E-state index is -1.21. The molecule has 6 heteroatoms. The molecule has 0 unspecified atom stereocenters. The molecule has 1 fully saturated rings. The van der Waals surface area contributed by atoms with Crippen molar-refractivity contribution in [2.24, 2.45) is 0 Å². The van der Waals surface area contributed by atoms with Gasteiger partial charge in [-0.05, 0) is 52.3 Å². The van der Waals surface area contributed by atoms with Crippen molar-refractivity contribution in [3.05, 3.63) is 29.8 Å². The van der Waals surface area contributed by atoms with E-state index < -0.39 is 16.8 Å². The number of benzene rings is 1. The summed E-state index contributed by atoms with van der Waals surface area (Å²) in [6, 6.07) is 7.49. The van der Waals surface area contributed by atoms with Crippen molar-refractivity contribution >= 4 is 11.0 Å². The molecule has 3 atom stereocenters. The lowest BCUT2D eigenvalue weighted by Gasteiger charge is -2.28. The van der Waals surface area contributed by atoms with E-state index in [2.05, 4.69) is 4.72 Å². The van der Waals surface area contributed by atoms with Crippen LogP contribution in [0.3, 0.4) is 0 Å². The molecular weight excluding hydrogens is 314 g/mol. The van der Waals surface area contributed by atoms with Crippen LogP contribution in [0.1, 0.15) is 46.2 Å². The average molecular weight is 341 g/mol. The van der Waals surface area contributed by atoms with Gasteiger partial charge in [-0.1, -0.05) is 12.1 Å². The van der Waals surface area contributed by atoms with E-state index in [0.29, 0.717) is 6.61 Å². The molecule has 5 nitrogen and oxygen atoms in total. The monoisotopic (exact) mass is 341 g/mol. The molecule has 1 aromatic rings. The Balaban J connectivity index is 2.25. The van der Waals surface area contributed by atoms with E-state index in [1.54, 1.807) is 7.11 Å². The van der Waals surface area contributed by atoms with Gasteiger partial charge in [0.05, 0.1) is 35.5 Å². The Kier molecular flexibility index (Phi) is 5.51. The van der Waals surface area contributed by atoms with Crippen LogP contribution >= 0.6 is 0 Å². The molecule has 0 spiro atoms. The second-order valence-electron chi connectivity index (χ2n) is 7.12. The number of hydrogen-bond acceptors (Lipinski definition) is 4. The molecule has 1 saturated heterocycles. The third-order valence-corrected chi connectivity index (χ3v) is 5.25. The van der Waals surface area contributed by atoms with Crippen LogP contribution in [0.25, 0.3) is 0 Å². The number of rotatable bonds is 5. The van der Waals surface area contributed by atoms with Crippen LogP contribution in [0.5, 0.6) is 5.75 Å². The van der Waals surface area contributed by atoms with Gasteiger partial charge in [-0.2, -0.15) is 0 Å². The number of methoxy groups -OCH3 is 1. The Morgan fingerprint density at radius 2 is 1.91 bits per heavy atom. The first-order valence-corrected chi connectivity index (χ1v) is 8.91. The first kappa shape index (κ1) is 18.4. The number of nitrogens with one attached hydrogen (secondary N) is 1. The predicted octanol–water partition coefficient (Wildman–Crippen LogP) is 2.94. The highest BCUT2D eigenvalue weighted by Gasteiger charge is 2.39. The van der Waals surface area contributed by atoms with Gasteiger partial charge in [0.25, 0.3) is 0 Å². The first-order chi connectivity index (χ1) is 10.6. The fourth-order valence-electron chi connectivity index (χ4n) is 2.34. The topological polar surface area (TPSA) is 56.8 Å². The lowest BCUT2D eigenvalue weighted by atomic mass is 10.0. The molecule has 1 heterocycles. The van der Waals surface area contributed by atoms with Gasteiger partial charge in [0.1, 0.15) is 11.9 Å². The maximum absolute atomic E-state index is 12.6. The molecule has 0 amide bonds. The maximum Gasteiger partial charge on any atom is 0.163 e. The van der Waals surface area contributed by atoms with Crippen LogP contribution in [0, 0.1) is 0 Å². The van der Waals surface area contributed by atoms with Crippen molar-refractivity contribution in [1.82, 2.24) is 4.72 Å². The van der Waals surface area contributed by atoms with E-state index in [4.69, 9.17) is 14.2 Å². The van der Waals surface area contributed by atoms with Gasteiger partial charge >= 0.3 is 0 Å². The van der Waals surface area contributed by atoms with E-state index in [0.717, 1.165) is 11.3 Å². The van der Waals surface area contributed by atoms with Gasteiger partial charge in [-0.15, -0.1) is 0 Å². The molecule has 1 aromatic carbocycles. The fraction of sp³-hybridized carbons (Fsp3) is 0.647. The third-order valence-electron chi connectivity index (χ3n) is 3.67. The SMILES string of the molecule is COc1ccc([C@H](N[S@@](=O)C(C)(C)C)[C@H]2COC(C)(C)O2)cc1. The van der Waals surface area contributed by atoms with Crippen molar-refractivity contribution in [3.8, 4) is 5.75 Å². The van der Waals surface area contributed by atoms with Crippen molar-refractivity contribution in [1.29, 1.82) is 0 Å². The molecule has 0 aliphatic carbocycles. The summed E-state index contributed by atoms with van der Waals surface area (Å²) in [7, 11) is 0.422. The zero-order valence-corrected chi connectivity index (χ0v) is 15.5. The normalized spacial score (nSPS) is 23.5. The standard InChI is InChI=1S/C17H27NO4S/c1-16(2,3)23(19)18-15(14-11-21-17(4,5)22-14)12-7-9-13(20-6)10-8-12/h7-10,14-15,18H,11H2,1-6H3/t14-,15+,23+/m1/s1. The smallest absolute Gasteiger partial charge is 0.163 e. The lowest BCUT2D eigenvalue weighted by molar-refractivity contribution is -0.141. The predicted molar refractivity (Wildman–Crippen MR) is 91.7 cm³/mol. The summed E-state index contributed by atoms with van der Waals surface area (Å²) in [5, 5.41) is 0. The van der Waals surface area contributed by atoms with E-state index in [9.17, 15) is 4.21 Å². The van der Waals surface area contributed by atoms with E-state index in [1.165, 1.54) is 0 Å². The molecule has 23 heavy (non-hydrogen) atoms. The van der Waals surface area contributed by atoms with Crippen LogP contribution in [0.2, 0.25) is 0 Å². The summed E-state index contributed by atoms with van der Waals surface area (Å²) in [4.78, 5) is 0. The molecule has 2 rings (SSSR count). The molecule has 1 aliphatic heterocycles. The second-order valence-corrected chi connectivity index (χ2v) is 9.11. The Morgan fingerprint density at radius 1 is 1.30 bits per heavy atom. The van der Waals surface area contributed by atoms with Crippen molar-refractivity contribution in [3.63, 3.8) is 0 Å². The summed E-state index contributed by atoms with van der Waals surface area (Å²) in [6.45, 7) is 10.1. The molecule has 0 radical (unpaired) electrons. The summed E-state index contributed by atoms with van der Waals surface area (Å²) in [5.74, 6) is 0.161. The highest BCUT2D eigenvalue weighted by atomic mass is 32.2. The lowest BCUT2D eigenvalue weighted by Crippen LogP contribution is -2.41. The van der Waals surface area contributed by atoms with Gasteiger partial charge in [0.2, 0.25) is 0 Å². The van der Waals surface area contributed by atoms with E-state index >= 15 is 0 Å². The van der Waals surface area contributed by atoms with Gasteiger partial charge in [0.15, 0.2) is 5.79 Å². The fourth-order valence-corrected chi connectivity index (χ4v) is 3.21. The first-order valence-electron chi connectivity index (χ1n) is 7.76. The quantitative estimate of drug-likeness (QED) is 0.895. The largest absolute Gasteiger partial charge is 0.497 e. The second kappa shape index (κ2) is 6.89. The Bertz CT molecular complexity index is 551.